The Balaban J connectivity index is 2.33. The van der Waals surface area contributed by atoms with Crippen LogP contribution in [0.4, 0.5) is 0 Å². The molecular weight excluding hydrogens is 194 g/mol. The second kappa shape index (κ2) is 7.20. The molecule has 0 saturated carbocycles. The molecule has 0 aliphatic rings. The van der Waals surface area contributed by atoms with Crippen molar-refractivity contribution in [2.24, 2.45) is 0 Å². The zero-order valence-corrected chi connectivity index (χ0v) is 9.18. The van der Waals surface area contributed by atoms with Crippen LogP contribution in [0.15, 0.2) is 24.5 Å². The van der Waals surface area contributed by atoms with Gasteiger partial charge in [0.2, 0.25) is 0 Å². The average Bonchev–Trinajstić information content (AvgIpc) is 2.28. The molecule has 0 aliphatic heterocycles. The maximum Gasteiger partial charge on any atom is 0.191 e. The fraction of sp³-hybridized carbons (Fsp3) is 0.545. The normalized spacial score (nSPS) is 10.6. The van der Waals surface area contributed by atoms with Crippen LogP contribution in [0.5, 0.6) is 5.75 Å². The van der Waals surface area contributed by atoms with Crippen LogP contribution in [0.25, 0.3) is 0 Å². The van der Waals surface area contributed by atoms with E-state index in [0.717, 1.165) is 5.75 Å². The van der Waals surface area contributed by atoms with Crippen LogP contribution in [-0.2, 0) is 9.47 Å². The number of aromatic nitrogens is 1. The summed E-state index contributed by atoms with van der Waals surface area (Å²) >= 11 is 0. The minimum Gasteiger partial charge on any atom is -0.487 e. The van der Waals surface area contributed by atoms with Crippen molar-refractivity contribution in [1.82, 2.24) is 4.98 Å². The molecule has 1 aromatic rings. The van der Waals surface area contributed by atoms with Crippen molar-refractivity contribution in [3.63, 3.8) is 0 Å². The number of ether oxygens (including phenoxy) is 3. The second-order valence-electron chi connectivity index (χ2n) is 2.84. The van der Waals surface area contributed by atoms with Crippen LogP contribution in [0.3, 0.4) is 0 Å². The summed E-state index contributed by atoms with van der Waals surface area (Å²) in [6, 6.07) is 3.67. The quantitative estimate of drug-likeness (QED) is 0.645. The fourth-order valence-electron chi connectivity index (χ4n) is 1.11. The number of hydrogen-bond acceptors (Lipinski definition) is 4. The van der Waals surface area contributed by atoms with Crippen LogP contribution in [0, 0.1) is 0 Å². The van der Waals surface area contributed by atoms with Gasteiger partial charge in [0.1, 0.15) is 12.4 Å². The van der Waals surface area contributed by atoms with Crippen LogP contribution in [0.1, 0.15) is 13.8 Å². The molecule has 0 amide bonds. The molecule has 0 saturated heterocycles. The molecule has 0 N–H and O–H groups in total. The molecule has 0 fully saturated rings. The summed E-state index contributed by atoms with van der Waals surface area (Å²) in [6.07, 6.45) is 3.06. The monoisotopic (exact) mass is 211 g/mol. The van der Waals surface area contributed by atoms with Crippen LogP contribution < -0.4 is 4.74 Å². The van der Waals surface area contributed by atoms with Crippen molar-refractivity contribution < 1.29 is 14.2 Å². The molecule has 1 aromatic heterocycles. The number of pyridine rings is 1. The predicted octanol–water partition coefficient (Wildman–Crippen LogP) is 1.86. The van der Waals surface area contributed by atoms with Gasteiger partial charge in [-0.2, -0.15) is 0 Å². The number of hydrogen-bond donors (Lipinski definition) is 0. The lowest BCUT2D eigenvalue weighted by Gasteiger charge is -2.17. The Morgan fingerprint density at radius 2 is 2.00 bits per heavy atom. The maximum absolute atomic E-state index is 5.46. The molecule has 4 heteroatoms. The Morgan fingerprint density at radius 3 is 2.53 bits per heavy atom. The predicted molar refractivity (Wildman–Crippen MR) is 56.8 cm³/mol. The van der Waals surface area contributed by atoms with Crippen LogP contribution >= 0.6 is 0 Å². The molecule has 0 aliphatic carbocycles. The zero-order chi connectivity index (χ0) is 10.9. The van der Waals surface area contributed by atoms with Gasteiger partial charge in [0.05, 0.1) is 6.20 Å². The zero-order valence-electron chi connectivity index (χ0n) is 9.18. The molecule has 1 heterocycles. The van der Waals surface area contributed by atoms with E-state index in [1.165, 1.54) is 0 Å². The van der Waals surface area contributed by atoms with E-state index < -0.39 is 0 Å². The van der Waals surface area contributed by atoms with E-state index in [1.807, 2.05) is 26.0 Å². The fourth-order valence-corrected chi connectivity index (χ4v) is 1.11. The molecule has 0 aromatic carbocycles. The SMILES string of the molecule is CCOC(COc1cccnc1)OCC. The lowest BCUT2D eigenvalue weighted by atomic mass is 10.5. The van der Waals surface area contributed by atoms with Gasteiger partial charge in [-0.3, -0.25) is 4.98 Å². The van der Waals surface area contributed by atoms with E-state index in [0.29, 0.717) is 19.8 Å². The van der Waals surface area contributed by atoms with Crippen molar-refractivity contribution in [1.29, 1.82) is 0 Å². The smallest absolute Gasteiger partial charge is 0.191 e. The highest BCUT2D eigenvalue weighted by molar-refractivity contribution is 5.15. The van der Waals surface area contributed by atoms with E-state index in [1.54, 1.807) is 12.4 Å². The van der Waals surface area contributed by atoms with Crippen molar-refractivity contribution in [3.05, 3.63) is 24.5 Å². The molecule has 0 radical (unpaired) electrons. The van der Waals surface area contributed by atoms with E-state index in [9.17, 15) is 0 Å². The van der Waals surface area contributed by atoms with Crippen LogP contribution in [0.2, 0.25) is 0 Å². The highest BCUT2D eigenvalue weighted by Gasteiger charge is 2.08. The van der Waals surface area contributed by atoms with Crippen molar-refractivity contribution in [2.45, 2.75) is 20.1 Å². The summed E-state index contributed by atoms with van der Waals surface area (Å²) in [5.74, 6) is 0.724. The Kier molecular flexibility index (Phi) is 5.73. The summed E-state index contributed by atoms with van der Waals surface area (Å²) in [7, 11) is 0. The van der Waals surface area contributed by atoms with Gasteiger partial charge >= 0.3 is 0 Å². The highest BCUT2D eigenvalue weighted by atomic mass is 16.7. The Morgan fingerprint density at radius 1 is 1.27 bits per heavy atom. The first-order valence-corrected chi connectivity index (χ1v) is 5.12. The minimum atomic E-state index is -0.305. The van der Waals surface area contributed by atoms with Gasteiger partial charge in [-0.05, 0) is 26.0 Å². The Bertz CT molecular complexity index is 247. The molecular formula is C11H17NO3. The van der Waals surface area contributed by atoms with Crippen molar-refractivity contribution in [2.75, 3.05) is 19.8 Å². The Labute approximate surface area is 90.2 Å². The summed E-state index contributed by atoms with van der Waals surface area (Å²) in [6.45, 7) is 5.46. The largest absolute Gasteiger partial charge is 0.487 e. The van der Waals surface area contributed by atoms with E-state index in [-0.39, 0.29) is 6.29 Å². The third kappa shape index (κ3) is 4.76. The first-order chi connectivity index (χ1) is 7.36. The van der Waals surface area contributed by atoms with Gasteiger partial charge in [-0.15, -0.1) is 0 Å². The molecule has 0 atom stereocenters. The second-order valence-corrected chi connectivity index (χ2v) is 2.84. The van der Waals surface area contributed by atoms with Crippen LogP contribution in [-0.4, -0.2) is 31.1 Å². The van der Waals surface area contributed by atoms with Gasteiger partial charge in [0.25, 0.3) is 0 Å². The number of nitrogens with zero attached hydrogens (tertiary/aromatic N) is 1. The first-order valence-electron chi connectivity index (χ1n) is 5.12. The average molecular weight is 211 g/mol. The summed E-state index contributed by atoms with van der Waals surface area (Å²) in [4.78, 5) is 3.95. The van der Waals surface area contributed by atoms with Crippen molar-refractivity contribution >= 4 is 0 Å². The van der Waals surface area contributed by atoms with Gasteiger partial charge < -0.3 is 14.2 Å². The van der Waals surface area contributed by atoms with E-state index >= 15 is 0 Å². The first kappa shape index (κ1) is 11.9. The summed E-state index contributed by atoms with van der Waals surface area (Å²) in [5, 5.41) is 0. The minimum absolute atomic E-state index is 0.305. The van der Waals surface area contributed by atoms with Gasteiger partial charge in [0.15, 0.2) is 6.29 Å². The lowest BCUT2D eigenvalue weighted by Crippen LogP contribution is -2.25. The number of rotatable bonds is 7. The molecule has 1 rings (SSSR count). The lowest BCUT2D eigenvalue weighted by molar-refractivity contribution is -0.152. The topological polar surface area (TPSA) is 40.6 Å². The molecule has 0 unspecified atom stereocenters. The standard InChI is InChI=1S/C11H17NO3/c1-3-13-11(14-4-2)9-15-10-6-5-7-12-8-10/h5-8,11H,3-4,9H2,1-2H3. The van der Waals surface area contributed by atoms with E-state index in [2.05, 4.69) is 4.98 Å². The summed E-state index contributed by atoms with van der Waals surface area (Å²) in [5.41, 5.74) is 0. The van der Waals surface area contributed by atoms with Gasteiger partial charge in [-0.1, -0.05) is 0 Å². The Hall–Kier alpha value is -1.13. The molecule has 84 valence electrons. The third-order valence-corrected chi connectivity index (χ3v) is 1.73. The van der Waals surface area contributed by atoms with Gasteiger partial charge in [-0.25, -0.2) is 0 Å². The third-order valence-electron chi connectivity index (χ3n) is 1.73. The maximum atomic E-state index is 5.46. The van der Waals surface area contributed by atoms with Crippen molar-refractivity contribution in [3.8, 4) is 5.75 Å². The van der Waals surface area contributed by atoms with Gasteiger partial charge in [0, 0.05) is 19.4 Å². The summed E-state index contributed by atoms with van der Waals surface area (Å²) < 4.78 is 16.1. The molecule has 4 nitrogen and oxygen atoms in total. The molecule has 0 bridgehead atoms. The highest BCUT2D eigenvalue weighted by Crippen LogP contribution is 2.07. The molecule has 0 spiro atoms. The van der Waals surface area contributed by atoms with E-state index in [4.69, 9.17) is 14.2 Å². The molecule has 15 heavy (non-hydrogen) atoms.